The van der Waals surface area contributed by atoms with Gasteiger partial charge in [0.05, 0.1) is 6.04 Å². The largest absolute Gasteiger partial charge is 0.726 e. The van der Waals surface area contributed by atoms with Crippen molar-refractivity contribution in [3.63, 3.8) is 0 Å². The van der Waals surface area contributed by atoms with Gasteiger partial charge in [-0.25, -0.2) is 18.1 Å². The van der Waals surface area contributed by atoms with Crippen molar-refractivity contribution in [3.8, 4) is 0 Å². The molecule has 0 saturated carbocycles. The number of amides is 2. The Balaban J connectivity index is 0.000000494. The summed E-state index contributed by atoms with van der Waals surface area (Å²) >= 11 is 0. The zero-order valence-corrected chi connectivity index (χ0v) is 11.4. The van der Waals surface area contributed by atoms with E-state index in [-0.39, 0.29) is 12.1 Å². The first kappa shape index (κ1) is 16.8. The molecule has 0 fully saturated rings. The van der Waals surface area contributed by atoms with Crippen molar-refractivity contribution in [2.75, 3.05) is 13.6 Å². The van der Waals surface area contributed by atoms with E-state index in [0.717, 1.165) is 10.6 Å². The SMILES string of the molecule is C=CC[NH+]1C(=O)N(C)C(C)C=C1C.O=S(=O)([O-])O. The Morgan fingerprint density at radius 1 is 1.67 bits per heavy atom. The lowest BCUT2D eigenvalue weighted by molar-refractivity contribution is -0.772. The first-order valence-electron chi connectivity index (χ1n) is 5.19. The highest BCUT2D eigenvalue weighted by Gasteiger charge is 2.31. The molecule has 2 N–H and O–H groups in total. The van der Waals surface area contributed by atoms with Crippen molar-refractivity contribution in [2.45, 2.75) is 19.9 Å². The Kier molecular flexibility index (Phi) is 6.19. The summed E-state index contributed by atoms with van der Waals surface area (Å²) in [6.07, 6.45) is 3.88. The van der Waals surface area contributed by atoms with Crippen LogP contribution in [0.3, 0.4) is 0 Å². The van der Waals surface area contributed by atoms with E-state index in [1.165, 1.54) is 0 Å². The zero-order valence-electron chi connectivity index (χ0n) is 10.6. The number of nitrogens with one attached hydrogen (secondary N) is 1. The molecule has 0 radical (unpaired) electrons. The van der Waals surface area contributed by atoms with E-state index in [9.17, 15) is 4.79 Å². The van der Waals surface area contributed by atoms with Crippen LogP contribution in [0, 0.1) is 0 Å². The van der Waals surface area contributed by atoms with Gasteiger partial charge in [0.1, 0.15) is 12.2 Å². The summed E-state index contributed by atoms with van der Waals surface area (Å²) in [5.41, 5.74) is 1.09. The molecule has 104 valence electrons. The molecule has 1 aliphatic rings. The minimum atomic E-state index is -4.92. The highest BCUT2D eigenvalue weighted by atomic mass is 32.3. The quantitative estimate of drug-likeness (QED) is 0.400. The summed E-state index contributed by atoms with van der Waals surface area (Å²) < 4.78 is 32.8. The van der Waals surface area contributed by atoms with Crippen LogP contribution < -0.4 is 4.90 Å². The van der Waals surface area contributed by atoms with E-state index in [4.69, 9.17) is 17.5 Å². The number of allylic oxidation sites excluding steroid dienone is 1. The van der Waals surface area contributed by atoms with Gasteiger partial charge in [0.25, 0.3) is 0 Å². The van der Waals surface area contributed by atoms with Gasteiger partial charge in [-0.2, -0.15) is 0 Å². The maximum absolute atomic E-state index is 11.7. The van der Waals surface area contributed by atoms with Crippen molar-refractivity contribution in [2.24, 2.45) is 0 Å². The van der Waals surface area contributed by atoms with Crippen molar-refractivity contribution >= 4 is 16.4 Å². The molecule has 0 bridgehead atoms. The van der Waals surface area contributed by atoms with Gasteiger partial charge in [0, 0.05) is 14.0 Å². The molecule has 0 spiro atoms. The minimum Gasteiger partial charge on any atom is -0.726 e. The smallest absolute Gasteiger partial charge is 0.422 e. The van der Waals surface area contributed by atoms with E-state index in [1.54, 1.807) is 11.0 Å². The highest BCUT2D eigenvalue weighted by Crippen LogP contribution is 2.03. The van der Waals surface area contributed by atoms with Crippen LogP contribution in [0.4, 0.5) is 4.79 Å². The van der Waals surface area contributed by atoms with Crippen LogP contribution in [0.15, 0.2) is 24.4 Å². The zero-order chi connectivity index (χ0) is 14.5. The molecule has 0 aromatic heterocycles. The maximum atomic E-state index is 11.7. The standard InChI is InChI=1S/C10H16N2O.H2O4S/c1-5-6-12-9(3)7-8(2)11(4)10(12)13;1-5(2,3)4/h5,7-8H,1,6H2,2-4H3;(H2,1,2,3,4). The number of hydrogen-bond donors (Lipinski definition) is 2. The number of rotatable bonds is 2. The van der Waals surface area contributed by atoms with Crippen LogP contribution in [0.2, 0.25) is 0 Å². The van der Waals surface area contributed by atoms with Crippen molar-refractivity contribution in [3.05, 3.63) is 24.4 Å². The molecule has 2 atom stereocenters. The summed E-state index contributed by atoms with van der Waals surface area (Å²) in [5, 5.41) is 0. The second-order valence-corrected chi connectivity index (χ2v) is 4.76. The number of carbonyl (C=O) groups excluding carboxylic acids is 1. The van der Waals surface area contributed by atoms with Crippen LogP contribution in [0.25, 0.3) is 0 Å². The summed E-state index contributed by atoms with van der Waals surface area (Å²) in [6.45, 7) is 8.32. The number of urea groups is 1. The number of quaternary nitrogens is 1. The molecule has 1 rings (SSSR count). The molecule has 0 aliphatic carbocycles. The molecule has 8 heteroatoms. The average molecular weight is 278 g/mol. The summed E-state index contributed by atoms with van der Waals surface area (Å²) in [5.74, 6) is 0. The summed E-state index contributed by atoms with van der Waals surface area (Å²) in [4.78, 5) is 14.4. The Bertz CT molecular complexity index is 435. The fraction of sp³-hybridized carbons (Fsp3) is 0.500. The summed E-state index contributed by atoms with van der Waals surface area (Å²) in [7, 11) is -3.08. The van der Waals surface area contributed by atoms with E-state index in [0.29, 0.717) is 6.54 Å². The molecule has 0 aromatic carbocycles. The van der Waals surface area contributed by atoms with E-state index in [2.05, 4.69) is 12.7 Å². The molecule has 18 heavy (non-hydrogen) atoms. The van der Waals surface area contributed by atoms with Crippen molar-refractivity contribution in [1.82, 2.24) is 4.90 Å². The average Bonchev–Trinajstić information content (AvgIpc) is 2.19. The maximum Gasteiger partial charge on any atom is 0.422 e. The lowest BCUT2D eigenvalue weighted by Gasteiger charge is -2.30. The molecular weight excluding hydrogens is 260 g/mol. The Hall–Kier alpha value is -1.22. The van der Waals surface area contributed by atoms with Crippen LogP contribution in [-0.2, 0) is 10.4 Å². The van der Waals surface area contributed by atoms with Crippen LogP contribution in [-0.4, -0.2) is 48.1 Å². The Morgan fingerprint density at radius 3 is 2.50 bits per heavy atom. The van der Waals surface area contributed by atoms with Gasteiger partial charge in [-0.1, -0.05) is 6.58 Å². The van der Waals surface area contributed by atoms with Crippen molar-refractivity contribution < 1.29 is 27.2 Å². The van der Waals surface area contributed by atoms with Gasteiger partial charge >= 0.3 is 6.03 Å². The molecule has 0 aromatic rings. The number of carbonyl (C=O) groups is 1. The fourth-order valence-electron chi connectivity index (χ4n) is 1.53. The fourth-order valence-corrected chi connectivity index (χ4v) is 1.53. The van der Waals surface area contributed by atoms with Gasteiger partial charge in [0.2, 0.25) is 10.4 Å². The number of nitrogens with zero attached hydrogens (tertiary/aromatic N) is 1. The van der Waals surface area contributed by atoms with E-state index in [1.807, 2.05) is 20.9 Å². The van der Waals surface area contributed by atoms with E-state index >= 15 is 0 Å². The van der Waals surface area contributed by atoms with Crippen LogP contribution in [0.5, 0.6) is 0 Å². The third-order valence-electron chi connectivity index (χ3n) is 2.51. The molecule has 2 amide bonds. The Morgan fingerprint density at radius 2 is 2.11 bits per heavy atom. The third-order valence-corrected chi connectivity index (χ3v) is 2.51. The summed E-state index contributed by atoms with van der Waals surface area (Å²) in [6, 6.07) is 0.341. The lowest BCUT2D eigenvalue weighted by atomic mass is 10.2. The first-order chi connectivity index (χ1) is 8.07. The molecule has 2 unspecified atom stereocenters. The van der Waals surface area contributed by atoms with Gasteiger partial charge < -0.3 is 4.55 Å². The van der Waals surface area contributed by atoms with Gasteiger partial charge in [0.15, 0.2) is 0 Å². The highest BCUT2D eigenvalue weighted by molar-refractivity contribution is 7.79. The topological polar surface area (TPSA) is 102 Å². The van der Waals surface area contributed by atoms with Crippen LogP contribution >= 0.6 is 0 Å². The minimum absolute atomic E-state index is 0.132. The second kappa shape index (κ2) is 6.64. The normalized spacial score (nSPS) is 23.9. The second-order valence-electron chi connectivity index (χ2n) is 3.91. The van der Waals surface area contributed by atoms with Crippen LogP contribution in [0.1, 0.15) is 13.8 Å². The van der Waals surface area contributed by atoms with E-state index < -0.39 is 10.4 Å². The third kappa shape index (κ3) is 5.92. The van der Waals surface area contributed by atoms with Crippen molar-refractivity contribution in [1.29, 1.82) is 0 Å². The Labute approximate surface area is 107 Å². The predicted molar refractivity (Wildman–Crippen MR) is 64.7 cm³/mol. The number of hydrogen-bond acceptors (Lipinski definition) is 4. The molecule has 7 nitrogen and oxygen atoms in total. The predicted octanol–water partition coefficient (Wildman–Crippen LogP) is -0.580. The van der Waals surface area contributed by atoms with Gasteiger partial charge in [-0.3, -0.25) is 9.45 Å². The number of likely N-dealkylation sites (N-methyl/N-ethyl adjacent to an activating group) is 1. The molecule has 1 aliphatic heterocycles. The first-order valence-corrected chi connectivity index (χ1v) is 6.55. The lowest BCUT2D eigenvalue weighted by Crippen LogP contribution is -3.14. The molecular formula is C10H18N2O5S. The van der Waals surface area contributed by atoms with Gasteiger partial charge in [-0.05, 0) is 19.1 Å². The monoisotopic (exact) mass is 278 g/mol. The molecule has 0 saturated heterocycles. The molecule has 1 heterocycles. The van der Waals surface area contributed by atoms with Gasteiger partial charge in [-0.15, -0.1) is 0 Å².